The Labute approximate surface area is 78.1 Å². The van der Waals surface area contributed by atoms with Gasteiger partial charge in [0.05, 0.1) is 5.02 Å². The fourth-order valence-corrected chi connectivity index (χ4v) is 1.65. The highest BCUT2D eigenvalue weighted by molar-refractivity contribution is 7.12. The summed E-state index contributed by atoms with van der Waals surface area (Å²) in [5.41, 5.74) is 2.35. The highest BCUT2D eigenvalue weighted by atomic mass is 35.5. The lowest BCUT2D eigenvalue weighted by atomic mass is 10.4. The summed E-state index contributed by atoms with van der Waals surface area (Å²) in [7, 11) is 0. The highest BCUT2D eigenvalue weighted by Gasteiger charge is 2.06. The number of hydrogen-bond acceptors (Lipinski definition) is 4. The van der Waals surface area contributed by atoms with Crippen LogP contribution in [0.25, 0.3) is 10.7 Å². The first-order valence-electron chi connectivity index (χ1n) is 3.25. The summed E-state index contributed by atoms with van der Waals surface area (Å²) in [4.78, 5) is 4.10. The van der Waals surface area contributed by atoms with Crippen molar-refractivity contribution in [3.63, 3.8) is 0 Å². The third kappa shape index (κ3) is 1.31. The largest absolute Gasteiger partial charge is 0.252 e. The molecule has 0 aliphatic carbocycles. The zero-order chi connectivity index (χ0) is 8.39. The van der Waals surface area contributed by atoms with Crippen LogP contribution < -0.4 is 0 Å². The Hall–Kier alpha value is -1.00. The molecule has 2 aromatic rings. The molecule has 3 nitrogen and oxygen atoms in total. The van der Waals surface area contributed by atoms with Gasteiger partial charge in [0.1, 0.15) is 11.2 Å². The van der Waals surface area contributed by atoms with E-state index >= 15 is 0 Å². The van der Waals surface area contributed by atoms with E-state index in [2.05, 4.69) is 15.2 Å². The molecule has 2 aromatic heterocycles. The van der Waals surface area contributed by atoms with E-state index in [0.29, 0.717) is 10.7 Å². The third-order valence-electron chi connectivity index (χ3n) is 1.32. The van der Waals surface area contributed by atoms with Crippen molar-refractivity contribution in [1.82, 2.24) is 15.2 Å². The van der Waals surface area contributed by atoms with E-state index < -0.39 is 0 Å². The van der Waals surface area contributed by atoms with Crippen LogP contribution in [0.3, 0.4) is 0 Å². The number of rotatable bonds is 1. The van der Waals surface area contributed by atoms with Crippen LogP contribution in [0.5, 0.6) is 0 Å². The smallest absolute Gasteiger partial charge is 0.167 e. The summed E-state index contributed by atoms with van der Waals surface area (Å²) >= 11 is 7.31. The molecular weight excluding hydrogens is 194 g/mol. The van der Waals surface area contributed by atoms with Crippen LogP contribution in [0, 0.1) is 0 Å². The first kappa shape index (κ1) is 7.64. The minimum Gasteiger partial charge on any atom is -0.252 e. The second-order valence-corrected chi connectivity index (χ2v) is 3.32. The molecule has 0 radical (unpaired) electrons. The van der Waals surface area contributed by atoms with E-state index in [1.807, 2.05) is 0 Å². The van der Waals surface area contributed by atoms with E-state index in [0.717, 1.165) is 5.01 Å². The maximum atomic E-state index is 5.89. The van der Waals surface area contributed by atoms with Gasteiger partial charge in [-0.1, -0.05) is 22.9 Å². The minimum atomic E-state index is 0.606. The first-order chi connectivity index (χ1) is 5.88. The fourth-order valence-electron chi connectivity index (χ4n) is 0.819. The Morgan fingerprint density at radius 1 is 1.42 bits per heavy atom. The van der Waals surface area contributed by atoms with Gasteiger partial charge in [0.25, 0.3) is 0 Å². The Morgan fingerprint density at radius 2 is 2.33 bits per heavy atom. The Morgan fingerprint density at radius 3 is 3.00 bits per heavy atom. The molecule has 0 aliphatic heterocycles. The maximum Gasteiger partial charge on any atom is 0.167 e. The van der Waals surface area contributed by atoms with Gasteiger partial charge in [-0.2, -0.15) is 0 Å². The van der Waals surface area contributed by atoms with Crippen LogP contribution in [0.15, 0.2) is 23.8 Å². The standard InChI is InChI=1S/C7H4ClN3S/c8-5-2-1-3-9-6(5)7-11-10-4-12-7/h1-4H. The van der Waals surface area contributed by atoms with Gasteiger partial charge in [0.2, 0.25) is 0 Å². The normalized spacial score (nSPS) is 10.1. The fraction of sp³-hybridized carbons (Fsp3) is 0. The number of aromatic nitrogens is 3. The minimum absolute atomic E-state index is 0.606. The topological polar surface area (TPSA) is 38.7 Å². The molecule has 0 fully saturated rings. The van der Waals surface area contributed by atoms with Crippen molar-refractivity contribution in [2.24, 2.45) is 0 Å². The highest BCUT2D eigenvalue weighted by Crippen LogP contribution is 2.25. The summed E-state index contributed by atoms with van der Waals surface area (Å²) < 4.78 is 0. The molecule has 2 heterocycles. The van der Waals surface area contributed by atoms with Crippen molar-refractivity contribution in [3.05, 3.63) is 28.9 Å². The summed E-state index contributed by atoms with van der Waals surface area (Å²) in [6, 6.07) is 3.57. The van der Waals surface area contributed by atoms with Crippen molar-refractivity contribution in [3.8, 4) is 10.7 Å². The lowest BCUT2D eigenvalue weighted by Gasteiger charge is -1.95. The van der Waals surface area contributed by atoms with E-state index in [1.54, 1.807) is 23.8 Å². The predicted octanol–water partition coefficient (Wildman–Crippen LogP) is 2.25. The average Bonchev–Trinajstić information content (AvgIpc) is 2.57. The summed E-state index contributed by atoms with van der Waals surface area (Å²) in [5, 5.41) is 8.93. The number of halogens is 1. The third-order valence-corrected chi connectivity index (χ3v) is 2.32. The molecule has 0 bridgehead atoms. The van der Waals surface area contributed by atoms with Crippen LogP contribution in [0.4, 0.5) is 0 Å². The van der Waals surface area contributed by atoms with Gasteiger partial charge in [-0.25, -0.2) is 0 Å². The number of nitrogens with zero attached hydrogens (tertiary/aromatic N) is 3. The molecule has 60 valence electrons. The summed E-state index contributed by atoms with van der Waals surface area (Å²) in [6.45, 7) is 0. The molecule has 0 saturated carbocycles. The van der Waals surface area contributed by atoms with Crippen molar-refractivity contribution >= 4 is 22.9 Å². The molecule has 12 heavy (non-hydrogen) atoms. The van der Waals surface area contributed by atoms with Gasteiger partial charge in [0, 0.05) is 6.20 Å². The quantitative estimate of drug-likeness (QED) is 0.704. The summed E-state index contributed by atoms with van der Waals surface area (Å²) in [5.74, 6) is 0. The Kier molecular flexibility index (Phi) is 2.01. The van der Waals surface area contributed by atoms with Crippen molar-refractivity contribution < 1.29 is 0 Å². The van der Waals surface area contributed by atoms with Gasteiger partial charge < -0.3 is 0 Å². The van der Waals surface area contributed by atoms with Crippen LogP contribution in [0.2, 0.25) is 5.02 Å². The zero-order valence-corrected chi connectivity index (χ0v) is 7.51. The SMILES string of the molecule is Clc1cccnc1-c1nncs1. The van der Waals surface area contributed by atoms with Crippen LogP contribution in [-0.2, 0) is 0 Å². The molecule has 0 saturated heterocycles. The Balaban J connectivity index is 2.55. The number of hydrogen-bond donors (Lipinski definition) is 0. The van der Waals surface area contributed by atoms with Crippen LogP contribution in [-0.4, -0.2) is 15.2 Å². The molecule has 0 atom stereocenters. The number of pyridine rings is 1. The molecule has 0 unspecified atom stereocenters. The first-order valence-corrected chi connectivity index (χ1v) is 4.51. The van der Waals surface area contributed by atoms with E-state index in [4.69, 9.17) is 11.6 Å². The molecule has 2 rings (SSSR count). The summed E-state index contributed by atoms with van der Waals surface area (Å²) in [6.07, 6.45) is 1.68. The monoisotopic (exact) mass is 197 g/mol. The molecule has 0 N–H and O–H groups in total. The molecule has 0 aromatic carbocycles. The molecule has 5 heteroatoms. The van der Waals surface area contributed by atoms with Crippen molar-refractivity contribution in [1.29, 1.82) is 0 Å². The second-order valence-electron chi connectivity index (χ2n) is 2.08. The predicted molar refractivity (Wildman–Crippen MR) is 48.2 cm³/mol. The molecular formula is C7H4ClN3S. The van der Waals surface area contributed by atoms with E-state index in [9.17, 15) is 0 Å². The lowest BCUT2D eigenvalue weighted by molar-refractivity contribution is 1.09. The Bertz CT molecular complexity index is 374. The van der Waals surface area contributed by atoms with Crippen LogP contribution in [0.1, 0.15) is 0 Å². The molecule has 0 amide bonds. The van der Waals surface area contributed by atoms with Gasteiger partial charge in [0.15, 0.2) is 5.01 Å². The molecule has 0 spiro atoms. The van der Waals surface area contributed by atoms with Gasteiger partial charge in [-0.15, -0.1) is 10.2 Å². The van der Waals surface area contributed by atoms with E-state index in [1.165, 1.54) is 11.3 Å². The van der Waals surface area contributed by atoms with E-state index in [-0.39, 0.29) is 0 Å². The average molecular weight is 198 g/mol. The van der Waals surface area contributed by atoms with Gasteiger partial charge in [-0.3, -0.25) is 4.98 Å². The van der Waals surface area contributed by atoms with Crippen molar-refractivity contribution in [2.75, 3.05) is 0 Å². The van der Waals surface area contributed by atoms with Gasteiger partial charge in [-0.05, 0) is 12.1 Å². The molecule has 0 aliphatic rings. The van der Waals surface area contributed by atoms with Crippen LogP contribution >= 0.6 is 22.9 Å². The van der Waals surface area contributed by atoms with Crippen molar-refractivity contribution in [2.45, 2.75) is 0 Å². The maximum absolute atomic E-state index is 5.89. The van der Waals surface area contributed by atoms with Gasteiger partial charge >= 0.3 is 0 Å². The lowest BCUT2D eigenvalue weighted by Crippen LogP contribution is -1.82. The zero-order valence-electron chi connectivity index (χ0n) is 5.94. The second kappa shape index (κ2) is 3.16.